The van der Waals surface area contributed by atoms with Crippen LogP contribution in [0.5, 0.6) is 0 Å². The molecule has 29 heavy (non-hydrogen) atoms. The molecule has 8 atom stereocenters. The van der Waals surface area contributed by atoms with E-state index >= 15 is 4.39 Å². The van der Waals surface area contributed by atoms with Crippen molar-refractivity contribution in [3.05, 3.63) is 11.6 Å². The Labute approximate surface area is 171 Å². The van der Waals surface area contributed by atoms with Crippen LogP contribution >= 0.6 is 0 Å². The molecule has 2 heterocycles. The Morgan fingerprint density at radius 2 is 1.86 bits per heavy atom. The topological polar surface area (TPSA) is 54.0 Å². The summed E-state index contributed by atoms with van der Waals surface area (Å²) in [6.45, 7) is 4.99. The van der Waals surface area contributed by atoms with Crippen LogP contribution in [-0.2, 0) is 23.7 Å². The molecule has 0 radical (unpaired) electrons. The minimum atomic E-state index is -1.13. The van der Waals surface area contributed by atoms with Gasteiger partial charge in [-0.1, -0.05) is 19.4 Å². The fourth-order valence-corrected chi connectivity index (χ4v) is 8.54. The van der Waals surface area contributed by atoms with E-state index in [0.29, 0.717) is 24.7 Å². The number of alkyl halides is 1. The third-order valence-electron chi connectivity index (χ3n) is 9.91. The van der Waals surface area contributed by atoms with Crippen LogP contribution in [0, 0.1) is 28.6 Å². The highest BCUT2D eigenvalue weighted by Crippen LogP contribution is 2.72. The third kappa shape index (κ3) is 2.07. The average molecular weight is 406 g/mol. The molecule has 2 spiro atoms. The van der Waals surface area contributed by atoms with Gasteiger partial charge in [-0.25, -0.2) is 4.39 Å². The first-order chi connectivity index (χ1) is 13.9. The quantitative estimate of drug-likeness (QED) is 0.611. The Bertz CT molecular complexity index is 770. The Morgan fingerprint density at radius 1 is 1.03 bits per heavy atom. The Morgan fingerprint density at radius 3 is 2.66 bits per heavy atom. The van der Waals surface area contributed by atoms with Crippen LogP contribution in [0.25, 0.3) is 0 Å². The molecule has 160 valence electrons. The predicted octanol–water partition coefficient (Wildman–Crippen LogP) is 3.91. The fraction of sp³-hybridized carbons (Fsp3) is 0.870. The van der Waals surface area contributed by atoms with Crippen molar-refractivity contribution in [2.45, 2.75) is 76.4 Å². The summed E-state index contributed by atoms with van der Waals surface area (Å²) in [6, 6.07) is 0. The van der Waals surface area contributed by atoms with Crippen molar-refractivity contribution in [2.75, 3.05) is 20.2 Å². The minimum absolute atomic E-state index is 0.0624. The molecule has 6 aliphatic rings. The molecule has 5 fully saturated rings. The van der Waals surface area contributed by atoms with Crippen molar-refractivity contribution in [3.63, 3.8) is 0 Å². The van der Waals surface area contributed by atoms with E-state index in [1.54, 1.807) is 0 Å². The number of halogens is 1. The van der Waals surface area contributed by atoms with Crippen LogP contribution in [0.15, 0.2) is 11.6 Å². The van der Waals surface area contributed by atoms with Gasteiger partial charge in [0.15, 0.2) is 25.0 Å². The monoisotopic (exact) mass is 406 g/mol. The SMILES string of the molecule is C[C@]12CCC(=O)C=C1CC[C@@H]1[C@@H]2CC[C@@]2(C)[C@H]1C[C@H](F)[C@@]21OCOC12COCO2. The highest BCUT2D eigenvalue weighted by Gasteiger charge is 2.79. The van der Waals surface area contributed by atoms with Crippen molar-refractivity contribution in [2.24, 2.45) is 28.6 Å². The van der Waals surface area contributed by atoms with Crippen LogP contribution in [0.4, 0.5) is 4.39 Å². The lowest BCUT2D eigenvalue weighted by atomic mass is 9.46. The number of rotatable bonds is 0. The molecule has 2 saturated heterocycles. The van der Waals surface area contributed by atoms with Crippen molar-refractivity contribution >= 4 is 5.78 Å². The van der Waals surface area contributed by atoms with Gasteiger partial charge in [-0.3, -0.25) is 4.79 Å². The van der Waals surface area contributed by atoms with E-state index in [0.717, 1.165) is 32.1 Å². The number of ether oxygens (including phenoxy) is 4. The minimum Gasteiger partial charge on any atom is -0.350 e. The molecule has 2 aliphatic heterocycles. The zero-order valence-corrected chi connectivity index (χ0v) is 17.4. The van der Waals surface area contributed by atoms with Crippen molar-refractivity contribution in [1.29, 1.82) is 0 Å². The average Bonchev–Trinajstić information content (AvgIpc) is 3.38. The molecule has 0 aromatic rings. The summed E-state index contributed by atoms with van der Waals surface area (Å²) in [5, 5.41) is 0. The number of hydrogen-bond acceptors (Lipinski definition) is 5. The molecule has 4 aliphatic carbocycles. The lowest BCUT2D eigenvalue weighted by Crippen LogP contribution is -2.66. The molecule has 6 heteroatoms. The molecule has 6 rings (SSSR count). The largest absolute Gasteiger partial charge is 0.350 e. The van der Waals surface area contributed by atoms with Crippen molar-refractivity contribution < 1.29 is 28.1 Å². The second-order valence-electron chi connectivity index (χ2n) is 10.6. The molecule has 0 bridgehead atoms. The molecule has 0 aromatic heterocycles. The standard InChI is InChI=1S/C23H31FO5/c1-20-7-5-15(25)9-14(20)3-4-16-17(20)6-8-21(2)18(16)10-19(24)23(21)22(28-13-29-23)11-26-12-27-22/h9,16-19H,3-8,10-13H2,1-2H3/t16-,17+,18+,19+,20+,21+,22?,23-/m1/s1. The predicted molar refractivity (Wildman–Crippen MR) is 101 cm³/mol. The molecule has 5 nitrogen and oxygen atoms in total. The van der Waals surface area contributed by atoms with E-state index in [1.807, 2.05) is 6.08 Å². The highest BCUT2D eigenvalue weighted by molar-refractivity contribution is 5.91. The normalized spacial score (nSPS) is 56.4. The molecular formula is C23H31FO5. The summed E-state index contributed by atoms with van der Waals surface area (Å²) in [5.41, 5.74) is -0.0179. The van der Waals surface area contributed by atoms with Gasteiger partial charge in [0.25, 0.3) is 0 Å². The lowest BCUT2D eigenvalue weighted by molar-refractivity contribution is -0.261. The van der Waals surface area contributed by atoms with Crippen molar-refractivity contribution in [1.82, 2.24) is 0 Å². The second kappa shape index (κ2) is 5.90. The summed E-state index contributed by atoms with van der Waals surface area (Å²) < 4.78 is 39.5. The molecule has 1 unspecified atom stereocenters. The van der Waals surface area contributed by atoms with E-state index in [2.05, 4.69) is 13.8 Å². The first kappa shape index (κ1) is 18.9. The van der Waals surface area contributed by atoms with E-state index in [9.17, 15) is 4.79 Å². The summed E-state index contributed by atoms with van der Waals surface area (Å²) in [4.78, 5) is 12.0. The zero-order valence-electron chi connectivity index (χ0n) is 17.4. The molecule has 0 aromatic carbocycles. The molecular weight excluding hydrogens is 375 g/mol. The van der Waals surface area contributed by atoms with Crippen LogP contribution in [0.1, 0.15) is 58.8 Å². The van der Waals surface area contributed by atoms with Gasteiger partial charge in [-0.2, -0.15) is 0 Å². The summed E-state index contributed by atoms with van der Waals surface area (Å²) in [6.07, 6.45) is 6.81. The van der Waals surface area contributed by atoms with E-state index < -0.39 is 17.6 Å². The van der Waals surface area contributed by atoms with Gasteiger partial charge in [0.05, 0.1) is 0 Å². The number of ketones is 1. The number of fused-ring (bicyclic) bond motifs is 7. The van der Waals surface area contributed by atoms with Gasteiger partial charge in [0, 0.05) is 11.8 Å². The Balaban J connectivity index is 1.40. The van der Waals surface area contributed by atoms with Gasteiger partial charge in [0.1, 0.15) is 12.8 Å². The first-order valence-corrected chi connectivity index (χ1v) is 11.2. The zero-order chi connectivity index (χ0) is 20.1. The van der Waals surface area contributed by atoms with Crippen LogP contribution in [0.2, 0.25) is 0 Å². The maximum Gasteiger partial charge on any atom is 0.229 e. The summed E-state index contributed by atoms with van der Waals surface area (Å²) in [5.74, 6) is 0.344. The van der Waals surface area contributed by atoms with E-state index in [1.165, 1.54) is 5.57 Å². The van der Waals surface area contributed by atoms with Gasteiger partial charge in [0.2, 0.25) is 5.79 Å². The summed E-state index contributed by atoms with van der Waals surface area (Å²) in [7, 11) is 0. The lowest BCUT2D eigenvalue weighted by Gasteiger charge is -2.60. The number of carbonyl (C=O) groups is 1. The van der Waals surface area contributed by atoms with Crippen LogP contribution in [-0.4, -0.2) is 43.5 Å². The van der Waals surface area contributed by atoms with E-state index in [-0.39, 0.29) is 42.7 Å². The number of carbonyl (C=O) groups excluding carboxylic acids is 1. The Kier molecular flexibility index (Phi) is 3.85. The maximum absolute atomic E-state index is 16.0. The second-order valence-corrected chi connectivity index (χ2v) is 10.6. The number of hydrogen-bond donors (Lipinski definition) is 0. The smallest absolute Gasteiger partial charge is 0.229 e. The Hall–Kier alpha value is -0.820. The van der Waals surface area contributed by atoms with Crippen LogP contribution < -0.4 is 0 Å². The van der Waals surface area contributed by atoms with Crippen LogP contribution in [0.3, 0.4) is 0 Å². The van der Waals surface area contributed by atoms with Gasteiger partial charge in [-0.05, 0) is 67.8 Å². The van der Waals surface area contributed by atoms with Gasteiger partial charge >= 0.3 is 0 Å². The third-order valence-corrected chi connectivity index (χ3v) is 9.91. The summed E-state index contributed by atoms with van der Waals surface area (Å²) >= 11 is 0. The van der Waals surface area contributed by atoms with Crippen molar-refractivity contribution in [3.8, 4) is 0 Å². The van der Waals surface area contributed by atoms with E-state index in [4.69, 9.17) is 18.9 Å². The molecule has 0 N–H and O–H groups in total. The number of allylic oxidation sites excluding steroid dienone is 1. The highest BCUT2D eigenvalue weighted by atomic mass is 19.1. The molecule has 3 saturated carbocycles. The fourth-order valence-electron chi connectivity index (χ4n) is 8.54. The van der Waals surface area contributed by atoms with Gasteiger partial charge < -0.3 is 18.9 Å². The first-order valence-electron chi connectivity index (χ1n) is 11.2. The maximum atomic E-state index is 16.0. The molecule has 0 amide bonds. The van der Waals surface area contributed by atoms with Gasteiger partial charge in [-0.15, -0.1) is 0 Å².